The van der Waals surface area contributed by atoms with E-state index in [1.54, 1.807) is 6.07 Å². The predicted octanol–water partition coefficient (Wildman–Crippen LogP) is 5.52. The molecule has 7 nitrogen and oxygen atoms in total. The van der Waals surface area contributed by atoms with Gasteiger partial charge in [-0.3, -0.25) is 4.90 Å². The van der Waals surface area contributed by atoms with E-state index < -0.39 is 40.4 Å². The minimum atomic E-state index is -1.67. The highest BCUT2D eigenvalue weighted by Crippen LogP contribution is 2.52. The van der Waals surface area contributed by atoms with Crippen LogP contribution in [0, 0.1) is 46.4 Å². The molecule has 0 radical (unpaired) electrons. The van der Waals surface area contributed by atoms with Crippen LogP contribution in [0.5, 0.6) is 0 Å². The number of nitrogens with zero attached hydrogens (tertiary/aromatic N) is 4. The largest absolute Gasteiger partial charge is 0.453 e. The molecule has 0 spiro atoms. The molecular formula is C34H40F5N5O2. The monoisotopic (exact) mass is 645 g/mol. The second-order valence-corrected chi connectivity index (χ2v) is 13.6. The Morgan fingerprint density at radius 1 is 0.957 bits per heavy atom. The molecule has 12 heteroatoms. The number of rotatable bonds is 9. The van der Waals surface area contributed by atoms with Crippen molar-refractivity contribution in [2.24, 2.45) is 11.8 Å². The first-order valence-electron chi connectivity index (χ1n) is 16.1. The van der Waals surface area contributed by atoms with E-state index in [0.29, 0.717) is 38.0 Å². The molecule has 2 aromatic carbocycles. The number of nitrogens with one attached hydrogen (secondary N) is 1. The number of hydrogen-bond donors (Lipinski definition) is 1. The third kappa shape index (κ3) is 6.28. The summed E-state index contributed by atoms with van der Waals surface area (Å²) in [5.41, 5.74) is -2.19. The first kappa shape index (κ1) is 32.5. The van der Waals surface area contributed by atoms with Crippen LogP contribution in [0.15, 0.2) is 30.3 Å². The Morgan fingerprint density at radius 3 is 2.17 bits per heavy atom. The molecule has 1 saturated carbocycles. The Bertz CT molecular complexity index is 1440. The summed E-state index contributed by atoms with van der Waals surface area (Å²) >= 11 is 0. The lowest BCUT2D eigenvalue weighted by Crippen LogP contribution is -2.65. The van der Waals surface area contributed by atoms with Gasteiger partial charge in [0.15, 0.2) is 17.3 Å². The molecule has 4 aliphatic rings. The van der Waals surface area contributed by atoms with Crippen molar-refractivity contribution in [1.82, 2.24) is 15.1 Å². The van der Waals surface area contributed by atoms with E-state index in [1.807, 2.05) is 4.90 Å². The zero-order chi connectivity index (χ0) is 32.6. The van der Waals surface area contributed by atoms with Crippen LogP contribution in [0.25, 0.3) is 0 Å². The number of ether oxygens (including phenoxy) is 1. The van der Waals surface area contributed by atoms with Crippen molar-refractivity contribution in [3.8, 4) is 6.07 Å². The van der Waals surface area contributed by atoms with Gasteiger partial charge in [-0.1, -0.05) is 6.42 Å². The number of hydrogen-bond acceptors (Lipinski definition) is 6. The molecule has 3 atom stereocenters. The van der Waals surface area contributed by atoms with Gasteiger partial charge in [-0.15, -0.1) is 0 Å². The maximum atomic E-state index is 15.9. The van der Waals surface area contributed by atoms with Gasteiger partial charge < -0.3 is 19.9 Å². The molecule has 46 heavy (non-hydrogen) atoms. The molecule has 3 saturated heterocycles. The Morgan fingerprint density at radius 2 is 1.61 bits per heavy atom. The van der Waals surface area contributed by atoms with Crippen LogP contribution in [0.2, 0.25) is 0 Å². The van der Waals surface area contributed by atoms with Crippen LogP contribution in [0.4, 0.5) is 32.4 Å². The fourth-order valence-corrected chi connectivity index (χ4v) is 8.62. The molecule has 6 rings (SSSR count). The van der Waals surface area contributed by atoms with E-state index in [9.17, 15) is 22.4 Å². The van der Waals surface area contributed by atoms with Crippen LogP contribution in [-0.4, -0.2) is 87.1 Å². The first-order chi connectivity index (χ1) is 22.0. The minimum Gasteiger partial charge on any atom is -0.453 e. The summed E-state index contributed by atoms with van der Waals surface area (Å²) in [5, 5.41) is 12.0. The van der Waals surface area contributed by atoms with Crippen molar-refractivity contribution in [3.05, 3.63) is 64.7 Å². The zero-order valence-corrected chi connectivity index (χ0v) is 26.0. The molecule has 3 aliphatic heterocycles. The molecule has 0 bridgehead atoms. The van der Waals surface area contributed by atoms with E-state index in [2.05, 4.69) is 10.2 Å². The Balaban J connectivity index is 1.22. The first-order valence-corrected chi connectivity index (χ1v) is 16.1. The van der Waals surface area contributed by atoms with Crippen molar-refractivity contribution in [2.75, 3.05) is 64.4 Å². The number of halogens is 5. The van der Waals surface area contributed by atoms with Crippen LogP contribution in [0.3, 0.4) is 0 Å². The number of piperidine rings is 1. The van der Waals surface area contributed by atoms with Gasteiger partial charge in [0, 0.05) is 30.6 Å². The molecule has 4 fully saturated rings. The van der Waals surface area contributed by atoms with E-state index in [0.717, 1.165) is 57.0 Å². The summed E-state index contributed by atoms with van der Waals surface area (Å²) in [6.07, 6.45) is 4.22. The van der Waals surface area contributed by atoms with Gasteiger partial charge >= 0.3 is 6.09 Å². The number of alkyl carbamates (subject to hydrolysis) is 1. The summed E-state index contributed by atoms with van der Waals surface area (Å²) in [4.78, 5) is 18.0. The summed E-state index contributed by atoms with van der Waals surface area (Å²) in [5.74, 6) is -3.14. The van der Waals surface area contributed by atoms with Gasteiger partial charge in [-0.25, -0.2) is 26.7 Å². The lowest BCUT2D eigenvalue weighted by Gasteiger charge is -2.54. The van der Waals surface area contributed by atoms with Crippen LogP contribution >= 0.6 is 0 Å². The number of carbonyl (C=O) groups excluding carboxylic acids is 1. The summed E-state index contributed by atoms with van der Waals surface area (Å²) < 4.78 is 79.7. The molecule has 3 heterocycles. The minimum absolute atomic E-state index is 0.00545. The number of nitriles is 1. The van der Waals surface area contributed by atoms with Gasteiger partial charge in [-0.2, -0.15) is 5.26 Å². The van der Waals surface area contributed by atoms with Crippen LogP contribution < -0.4 is 10.2 Å². The van der Waals surface area contributed by atoms with Crippen LogP contribution in [-0.2, 0) is 10.2 Å². The normalized spacial score (nSPS) is 24.8. The quantitative estimate of drug-likeness (QED) is 0.362. The van der Waals surface area contributed by atoms with E-state index in [4.69, 9.17) is 10.00 Å². The number of anilines is 1. The molecule has 1 unspecified atom stereocenters. The van der Waals surface area contributed by atoms with Gasteiger partial charge in [-0.05, 0) is 99.9 Å². The number of methoxy groups -OCH3 is 1. The van der Waals surface area contributed by atoms with Crippen molar-refractivity contribution in [3.63, 3.8) is 0 Å². The van der Waals surface area contributed by atoms with Gasteiger partial charge in [0.1, 0.15) is 17.3 Å². The predicted molar refractivity (Wildman–Crippen MR) is 162 cm³/mol. The van der Waals surface area contributed by atoms with Crippen molar-refractivity contribution >= 4 is 11.8 Å². The number of amides is 1. The molecule has 2 aromatic rings. The molecule has 1 N–H and O–H groups in total. The van der Waals surface area contributed by atoms with Crippen molar-refractivity contribution in [2.45, 2.75) is 55.7 Å². The number of benzene rings is 2. The zero-order valence-electron chi connectivity index (χ0n) is 26.0. The molecule has 0 aromatic heterocycles. The van der Waals surface area contributed by atoms with Gasteiger partial charge in [0.2, 0.25) is 0 Å². The van der Waals surface area contributed by atoms with Crippen LogP contribution in [0.1, 0.15) is 49.7 Å². The number of alkyl halides is 1. The van der Waals surface area contributed by atoms with E-state index in [-0.39, 0.29) is 48.8 Å². The van der Waals surface area contributed by atoms with Gasteiger partial charge in [0.05, 0.1) is 31.8 Å². The Kier molecular flexibility index (Phi) is 9.18. The topological polar surface area (TPSA) is 71.8 Å². The maximum Gasteiger partial charge on any atom is 0.407 e. The molecule has 248 valence electrons. The molecule has 1 amide bonds. The van der Waals surface area contributed by atoms with E-state index in [1.165, 1.54) is 24.1 Å². The molecular weight excluding hydrogens is 605 g/mol. The Labute approximate surface area is 266 Å². The van der Waals surface area contributed by atoms with Crippen molar-refractivity contribution in [1.29, 1.82) is 5.26 Å². The standard InChI is InChI=1S/C34H40F5N5O2/c1-46-32(45)41-30-5-2-4-27(30)34(21-42-8-3-9-42,24-14-25(35)16-26(36)15-24)23-6-10-43(11-7-23)18-33(39)19-44(20-33)31-28(37)12-22(17-40)13-29(31)38/h12-16,23,27,30H,2-11,18-21H2,1H3,(H,41,45)/t27-,30-,34?/m0/s1. The highest BCUT2D eigenvalue weighted by molar-refractivity contribution is 5.67. The summed E-state index contributed by atoms with van der Waals surface area (Å²) in [7, 11) is 1.32. The fourth-order valence-electron chi connectivity index (χ4n) is 8.62. The highest BCUT2D eigenvalue weighted by atomic mass is 19.2. The lowest BCUT2D eigenvalue weighted by molar-refractivity contribution is 0.00555. The average molecular weight is 646 g/mol. The second-order valence-electron chi connectivity index (χ2n) is 13.6. The lowest BCUT2D eigenvalue weighted by atomic mass is 9.57. The summed E-state index contributed by atoms with van der Waals surface area (Å²) in [6, 6.07) is 7.18. The average Bonchev–Trinajstić information content (AvgIpc) is 3.43. The highest BCUT2D eigenvalue weighted by Gasteiger charge is 2.54. The fraction of sp³-hybridized carbons (Fsp3) is 0.588. The smallest absolute Gasteiger partial charge is 0.407 e. The van der Waals surface area contributed by atoms with Gasteiger partial charge in [0.25, 0.3) is 0 Å². The number of likely N-dealkylation sites (tertiary alicyclic amines) is 2. The third-order valence-corrected chi connectivity index (χ3v) is 10.7. The summed E-state index contributed by atoms with van der Waals surface area (Å²) in [6.45, 7) is 3.25. The SMILES string of the molecule is COC(=O)N[C@H]1CCC[C@@H]1C(CN1CCC1)(c1cc(F)cc(F)c1)C1CCN(CC2(F)CN(c3c(F)cc(C#N)cc3F)C2)CC1. The second kappa shape index (κ2) is 13.0. The van der Waals surface area contributed by atoms with E-state index >= 15 is 4.39 Å². The number of carbonyl (C=O) groups is 1. The Hall–Kier alpha value is -3.43. The maximum absolute atomic E-state index is 15.9. The molecule has 1 aliphatic carbocycles. The van der Waals surface area contributed by atoms with Crippen molar-refractivity contribution < 1.29 is 31.5 Å². The third-order valence-electron chi connectivity index (χ3n) is 10.7.